The highest BCUT2D eigenvalue weighted by Gasteiger charge is 2.29. The molecular weight excluding hydrogens is 344 g/mol. The standard InChI is InChI=1S/C16H22N2.C8H10N2/c1-10-7-14-15(17-10)9-11-8-12(16(2,3)4)5-6-13(11)18-14;1-2-9-7-8-5-3-4-6-10-8/h7,9,12,17H,5-6,8H2,1-4H3;2-6,9H,1,7H2. The molecule has 0 bridgehead atoms. The number of pyridine rings is 2. The van der Waals surface area contributed by atoms with E-state index in [1.54, 1.807) is 12.4 Å². The third-order valence-corrected chi connectivity index (χ3v) is 5.48. The summed E-state index contributed by atoms with van der Waals surface area (Å²) < 4.78 is 0. The summed E-state index contributed by atoms with van der Waals surface area (Å²) in [7, 11) is 0. The Bertz CT molecular complexity index is 919. The first-order valence-corrected chi connectivity index (χ1v) is 10.1. The first-order chi connectivity index (χ1) is 13.4. The number of aromatic amines is 1. The summed E-state index contributed by atoms with van der Waals surface area (Å²) in [6.07, 6.45) is 7.03. The summed E-state index contributed by atoms with van der Waals surface area (Å²) in [6, 6.07) is 10.3. The van der Waals surface area contributed by atoms with Gasteiger partial charge in [-0.3, -0.25) is 9.97 Å². The van der Waals surface area contributed by atoms with E-state index in [1.807, 2.05) is 18.2 Å². The van der Waals surface area contributed by atoms with Gasteiger partial charge >= 0.3 is 0 Å². The second kappa shape index (κ2) is 8.59. The molecule has 1 atom stereocenters. The molecule has 0 spiro atoms. The van der Waals surface area contributed by atoms with Crippen LogP contribution in [-0.4, -0.2) is 15.0 Å². The Hall–Kier alpha value is -2.62. The van der Waals surface area contributed by atoms with Gasteiger partial charge < -0.3 is 10.3 Å². The van der Waals surface area contributed by atoms with Crippen LogP contribution in [0.15, 0.2) is 49.3 Å². The van der Waals surface area contributed by atoms with Gasteiger partial charge in [-0.05, 0) is 73.5 Å². The van der Waals surface area contributed by atoms with Crippen LogP contribution in [0.2, 0.25) is 0 Å². The summed E-state index contributed by atoms with van der Waals surface area (Å²) in [5.74, 6) is 0.778. The molecule has 28 heavy (non-hydrogen) atoms. The highest BCUT2D eigenvalue weighted by atomic mass is 14.9. The number of aryl methyl sites for hydroxylation is 2. The number of nitrogens with zero attached hydrogens (tertiary/aromatic N) is 2. The average Bonchev–Trinajstić information content (AvgIpc) is 3.03. The Morgan fingerprint density at radius 3 is 2.79 bits per heavy atom. The van der Waals surface area contributed by atoms with Crippen molar-refractivity contribution in [3.05, 3.63) is 72.0 Å². The minimum Gasteiger partial charge on any atom is -0.386 e. The van der Waals surface area contributed by atoms with Gasteiger partial charge in [0.05, 0.1) is 23.3 Å². The summed E-state index contributed by atoms with van der Waals surface area (Å²) >= 11 is 0. The zero-order valence-corrected chi connectivity index (χ0v) is 17.5. The molecule has 2 N–H and O–H groups in total. The highest BCUT2D eigenvalue weighted by molar-refractivity contribution is 5.77. The predicted octanol–water partition coefficient (Wildman–Crippen LogP) is 5.34. The van der Waals surface area contributed by atoms with Crippen LogP contribution in [0.5, 0.6) is 0 Å². The maximum Gasteiger partial charge on any atom is 0.0885 e. The first-order valence-electron chi connectivity index (χ1n) is 10.1. The second-order valence-corrected chi connectivity index (χ2v) is 8.69. The van der Waals surface area contributed by atoms with Crippen LogP contribution in [0.3, 0.4) is 0 Å². The fourth-order valence-corrected chi connectivity index (χ4v) is 3.76. The zero-order valence-electron chi connectivity index (χ0n) is 17.5. The van der Waals surface area contributed by atoms with Gasteiger partial charge in [-0.15, -0.1) is 0 Å². The van der Waals surface area contributed by atoms with Crippen LogP contribution in [0.25, 0.3) is 11.0 Å². The number of hydrogen-bond donors (Lipinski definition) is 2. The number of hydrogen-bond acceptors (Lipinski definition) is 3. The Balaban J connectivity index is 0.000000192. The van der Waals surface area contributed by atoms with Gasteiger partial charge in [0.25, 0.3) is 0 Å². The molecule has 0 fully saturated rings. The molecule has 3 aromatic rings. The minimum atomic E-state index is 0.401. The van der Waals surface area contributed by atoms with E-state index in [4.69, 9.17) is 4.98 Å². The van der Waals surface area contributed by atoms with Gasteiger partial charge in [0, 0.05) is 17.6 Å². The Morgan fingerprint density at radius 2 is 2.11 bits per heavy atom. The van der Waals surface area contributed by atoms with E-state index in [9.17, 15) is 0 Å². The van der Waals surface area contributed by atoms with Gasteiger partial charge in [0.1, 0.15) is 0 Å². The minimum absolute atomic E-state index is 0.401. The van der Waals surface area contributed by atoms with Crippen LogP contribution >= 0.6 is 0 Å². The van der Waals surface area contributed by atoms with Crippen LogP contribution in [0, 0.1) is 18.3 Å². The van der Waals surface area contributed by atoms with Crippen molar-refractivity contribution in [3.63, 3.8) is 0 Å². The molecule has 3 heterocycles. The molecule has 4 nitrogen and oxygen atoms in total. The van der Waals surface area contributed by atoms with E-state index >= 15 is 0 Å². The predicted molar refractivity (Wildman–Crippen MR) is 117 cm³/mol. The van der Waals surface area contributed by atoms with E-state index in [-0.39, 0.29) is 0 Å². The molecule has 0 amide bonds. The number of H-pyrrole nitrogens is 1. The number of nitrogens with one attached hydrogen (secondary N) is 2. The normalized spacial score (nSPS) is 16.1. The SMILES string of the molecule is C=CNCc1ccccn1.Cc1cc2nc3c(cc2[nH]1)CC(C(C)(C)C)CC3. The van der Waals surface area contributed by atoms with E-state index in [1.165, 1.54) is 35.3 Å². The van der Waals surface area contributed by atoms with Crippen molar-refractivity contribution in [2.45, 2.75) is 53.5 Å². The lowest BCUT2D eigenvalue weighted by Crippen LogP contribution is -2.27. The van der Waals surface area contributed by atoms with Crippen molar-refractivity contribution < 1.29 is 0 Å². The lowest BCUT2D eigenvalue weighted by molar-refractivity contribution is 0.215. The lowest BCUT2D eigenvalue weighted by atomic mass is 9.71. The molecule has 148 valence electrons. The molecule has 3 aromatic heterocycles. The second-order valence-electron chi connectivity index (χ2n) is 8.69. The van der Waals surface area contributed by atoms with Crippen molar-refractivity contribution in [1.29, 1.82) is 0 Å². The van der Waals surface area contributed by atoms with E-state index < -0.39 is 0 Å². The molecule has 1 aliphatic carbocycles. The summed E-state index contributed by atoms with van der Waals surface area (Å²) in [4.78, 5) is 12.3. The number of aromatic nitrogens is 3. The maximum absolute atomic E-state index is 4.82. The summed E-state index contributed by atoms with van der Waals surface area (Å²) in [5, 5.41) is 2.97. The maximum atomic E-state index is 4.82. The third-order valence-electron chi connectivity index (χ3n) is 5.48. The molecule has 0 saturated heterocycles. The number of rotatable bonds is 3. The van der Waals surface area contributed by atoms with Crippen molar-refractivity contribution in [1.82, 2.24) is 20.3 Å². The van der Waals surface area contributed by atoms with Gasteiger partial charge in [-0.1, -0.05) is 33.4 Å². The topological polar surface area (TPSA) is 53.6 Å². The van der Waals surface area contributed by atoms with E-state index in [0.29, 0.717) is 5.41 Å². The van der Waals surface area contributed by atoms with Gasteiger partial charge in [-0.25, -0.2) is 0 Å². The lowest BCUT2D eigenvalue weighted by Gasteiger charge is -2.34. The molecular formula is C24H32N4. The largest absolute Gasteiger partial charge is 0.386 e. The molecule has 1 aliphatic rings. The van der Waals surface area contributed by atoms with Crippen molar-refractivity contribution in [2.75, 3.05) is 0 Å². The molecule has 4 heteroatoms. The Morgan fingerprint density at radius 1 is 1.29 bits per heavy atom. The van der Waals surface area contributed by atoms with Crippen LogP contribution in [0.4, 0.5) is 0 Å². The fourth-order valence-electron chi connectivity index (χ4n) is 3.76. The molecule has 4 rings (SSSR count). The quantitative estimate of drug-likeness (QED) is 0.649. The average molecular weight is 377 g/mol. The van der Waals surface area contributed by atoms with Crippen LogP contribution < -0.4 is 5.32 Å². The van der Waals surface area contributed by atoms with Gasteiger partial charge in [-0.2, -0.15) is 0 Å². The third kappa shape index (κ3) is 5.00. The molecule has 0 aliphatic heterocycles. The van der Waals surface area contributed by atoms with Crippen molar-refractivity contribution in [2.24, 2.45) is 11.3 Å². The Labute approximate surface area is 168 Å². The smallest absolute Gasteiger partial charge is 0.0885 e. The van der Waals surface area contributed by atoms with E-state index in [0.717, 1.165) is 30.1 Å². The zero-order chi connectivity index (χ0) is 20.1. The first kappa shape index (κ1) is 20.1. The molecule has 0 aromatic carbocycles. The summed E-state index contributed by atoms with van der Waals surface area (Å²) in [6.45, 7) is 13.5. The van der Waals surface area contributed by atoms with Crippen LogP contribution in [-0.2, 0) is 19.4 Å². The van der Waals surface area contributed by atoms with E-state index in [2.05, 4.69) is 61.7 Å². The monoisotopic (exact) mass is 376 g/mol. The number of fused-ring (bicyclic) bond motifs is 2. The van der Waals surface area contributed by atoms with Crippen molar-refractivity contribution >= 4 is 11.0 Å². The summed E-state index contributed by atoms with van der Waals surface area (Å²) in [5.41, 5.74) is 7.73. The highest BCUT2D eigenvalue weighted by Crippen LogP contribution is 2.37. The Kier molecular flexibility index (Phi) is 6.18. The molecule has 1 unspecified atom stereocenters. The molecule has 0 radical (unpaired) electrons. The fraction of sp³-hybridized carbons (Fsp3) is 0.417. The molecule has 0 saturated carbocycles. The van der Waals surface area contributed by atoms with Gasteiger partial charge in [0.2, 0.25) is 0 Å². The van der Waals surface area contributed by atoms with Crippen molar-refractivity contribution in [3.8, 4) is 0 Å². The van der Waals surface area contributed by atoms with Crippen LogP contribution in [0.1, 0.15) is 49.8 Å². The van der Waals surface area contributed by atoms with Gasteiger partial charge in [0.15, 0.2) is 0 Å².